The highest BCUT2D eigenvalue weighted by Crippen LogP contribution is 2.03. The molecule has 0 aliphatic carbocycles. The molecule has 1 amide bonds. The number of esters is 1. The monoisotopic (exact) mass is 231 g/mol. The van der Waals surface area contributed by atoms with Crippen molar-refractivity contribution in [3.63, 3.8) is 0 Å². The Bertz CT molecular complexity index is 285. The standard InChI is InChI=1S/C10H17NO5/c1-4-16-8(13)6-5-7(12)11-10(2,3)9(14)15/h4-6H2,1-3H3,(H,11,12)(H,14,15). The third kappa shape index (κ3) is 5.33. The van der Waals surface area contributed by atoms with Crippen molar-refractivity contribution >= 4 is 17.8 Å². The molecule has 16 heavy (non-hydrogen) atoms. The minimum absolute atomic E-state index is 0.0463. The average Bonchev–Trinajstić information content (AvgIpc) is 2.14. The van der Waals surface area contributed by atoms with Crippen LogP contribution in [-0.4, -0.2) is 35.1 Å². The van der Waals surface area contributed by atoms with Crippen molar-refractivity contribution in [2.45, 2.75) is 39.2 Å². The van der Waals surface area contributed by atoms with Gasteiger partial charge in [-0.2, -0.15) is 0 Å². The first kappa shape index (κ1) is 14.4. The van der Waals surface area contributed by atoms with E-state index in [1.807, 2.05) is 0 Å². The van der Waals surface area contributed by atoms with Gasteiger partial charge in [0.2, 0.25) is 5.91 Å². The van der Waals surface area contributed by atoms with Crippen LogP contribution in [0.1, 0.15) is 33.6 Å². The van der Waals surface area contributed by atoms with Crippen LogP contribution in [0.25, 0.3) is 0 Å². The summed E-state index contributed by atoms with van der Waals surface area (Å²) in [5.41, 5.74) is -1.33. The fourth-order valence-electron chi connectivity index (χ4n) is 0.913. The molecule has 0 aromatic carbocycles. The van der Waals surface area contributed by atoms with E-state index in [4.69, 9.17) is 5.11 Å². The number of nitrogens with one attached hydrogen (secondary N) is 1. The normalized spacial score (nSPS) is 10.7. The van der Waals surface area contributed by atoms with Crippen LogP contribution in [0.15, 0.2) is 0 Å². The molecule has 0 rings (SSSR count). The summed E-state index contributed by atoms with van der Waals surface area (Å²) in [5.74, 6) is -2.08. The molecule has 92 valence electrons. The maximum absolute atomic E-state index is 11.3. The summed E-state index contributed by atoms with van der Waals surface area (Å²) in [4.78, 5) is 32.9. The number of carbonyl (C=O) groups is 3. The SMILES string of the molecule is CCOC(=O)CCC(=O)NC(C)(C)C(=O)O. The van der Waals surface area contributed by atoms with E-state index < -0.39 is 23.4 Å². The Labute approximate surface area is 94.0 Å². The van der Waals surface area contributed by atoms with E-state index in [2.05, 4.69) is 10.1 Å². The number of carboxylic acids is 1. The molecule has 6 heteroatoms. The summed E-state index contributed by atoms with van der Waals surface area (Å²) in [7, 11) is 0. The third-order valence-electron chi connectivity index (χ3n) is 1.85. The van der Waals surface area contributed by atoms with E-state index in [9.17, 15) is 14.4 Å². The van der Waals surface area contributed by atoms with Crippen LogP contribution < -0.4 is 5.32 Å². The Hall–Kier alpha value is -1.59. The molecule has 0 fully saturated rings. The van der Waals surface area contributed by atoms with Crippen molar-refractivity contribution in [1.29, 1.82) is 0 Å². The number of hydrogen-bond donors (Lipinski definition) is 2. The Kier molecular flexibility index (Phi) is 5.49. The number of hydrogen-bond acceptors (Lipinski definition) is 4. The van der Waals surface area contributed by atoms with Gasteiger partial charge in [0.15, 0.2) is 0 Å². The first-order chi connectivity index (χ1) is 7.29. The minimum atomic E-state index is -1.33. The molecule has 0 spiro atoms. The highest BCUT2D eigenvalue weighted by molar-refractivity contribution is 5.87. The zero-order valence-corrected chi connectivity index (χ0v) is 9.70. The molecular formula is C10H17NO5. The van der Waals surface area contributed by atoms with Crippen LogP contribution in [0, 0.1) is 0 Å². The topological polar surface area (TPSA) is 92.7 Å². The van der Waals surface area contributed by atoms with E-state index in [1.54, 1.807) is 6.92 Å². The number of rotatable bonds is 6. The number of carboxylic acid groups (broad SMARTS) is 1. The largest absolute Gasteiger partial charge is 0.480 e. The molecule has 0 aromatic heterocycles. The number of carbonyl (C=O) groups excluding carboxylic acids is 2. The van der Waals surface area contributed by atoms with Gasteiger partial charge in [-0.15, -0.1) is 0 Å². The molecule has 0 bridgehead atoms. The van der Waals surface area contributed by atoms with Gasteiger partial charge < -0.3 is 15.2 Å². The highest BCUT2D eigenvalue weighted by atomic mass is 16.5. The number of ether oxygens (including phenoxy) is 1. The van der Waals surface area contributed by atoms with Crippen molar-refractivity contribution in [2.75, 3.05) is 6.61 Å². The zero-order chi connectivity index (χ0) is 12.8. The van der Waals surface area contributed by atoms with Crippen LogP contribution in [0.4, 0.5) is 0 Å². The summed E-state index contributed by atoms with van der Waals surface area (Å²) in [5, 5.41) is 11.1. The summed E-state index contributed by atoms with van der Waals surface area (Å²) < 4.78 is 4.63. The Balaban J connectivity index is 4.01. The second kappa shape index (κ2) is 6.09. The lowest BCUT2D eigenvalue weighted by atomic mass is 10.1. The highest BCUT2D eigenvalue weighted by Gasteiger charge is 2.28. The smallest absolute Gasteiger partial charge is 0.328 e. The van der Waals surface area contributed by atoms with Gasteiger partial charge in [-0.3, -0.25) is 9.59 Å². The number of aliphatic carboxylic acids is 1. The van der Waals surface area contributed by atoms with Crippen molar-refractivity contribution < 1.29 is 24.2 Å². The van der Waals surface area contributed by atoms with E-state index >= 15 is 0 Å². The van der Waals surface area contributed by atoms with Crippen LogP contribution in [-0.2, 0) is 19.1 Å². The van der Waals surface area contributed by atoms with Crippen LogP contribution in [0.5, 0.6) is 0 Å². The molecule has 0 heterocycles. The van der Waals surface area contributed by atoms with Crippen LogP contribution >= 0.6 is 0 Å². The van der Waals surface area contributed by atoms with Gasteiger partial charge in [0, 0.05) is 6.42 Å². The van der Waals surface area contributed by atoms with Gasteiger partial charge in [0.05, 0.1) is 13.0 Å². The molecule has 0 radical (unpaired) electrons. The lowest BCUT2D eigenvalue weighted by Crippen LogP contribution is -2.49. The van der Waals surface area contributed by atoms with Crippen molar-refractivity contribution in [1.82, 2.24) is 5.32 Å². The summed E-state index contributed by atoms with van der Waals surface area (Å²) in [6, 6.07) is 0. The first-order valence-corrected chi connectivity index (χ1v) is 4.99. The van der Waals surface area contributed by atoms with Crippen LogP contribution in [0.2, 0.25) is 0 Å². The Morgan fingerprint density at radius 2 is 1.81 bits per heavy atom. The molecule has 0 atom stereocenters. The third-order valence-corrected chi connectivity index (χ3v) is 1.85. The second-order valence-electron chi connectivity index (χ2n) is 3.78. The van der Waals surface area contributed by atoms with Gasteiger partial charge in [0.25, 0.3) is 0 Å². The summed E-state index contributed by atoms with van der Waals surface area (Å²) in [6.45, 7) is 4.68. The molecule has 0 unspecified atom stereocenters. The van der Waals surface area contributed by atoms with Gasteiger partial charge in [-0.1, -0.05) is 0 Å². The van der Waals surface area contributed by atoms with Gasteiger partial charge in [-0.05, 0) is 20.8 Å². The van der Waals surface area contributed by atoms with Crippen molar-refractivity contribution in [3.05, 3.63) is 0 Å². The maximum atomic E-state index is 11.3. The quantitative estimate of drug-likeness (QED) is 0.642. The van der Waals surface area contributed by atoms with Gasteiger partial charge in [0.1, 0.15) is 5.54 Å². The van der Waals surface area contributed by atoms with Crippen molar-refractivity contribution in [3.8, 4) is 0 Å². The first-order valence-electron chi connectivity index (χ1n) is 4.99. The average molecular weight is 231 g/mol. The summed E-state index contributed by atoms with van der Waals surface area (Å²) >= 11 is 0. The molecule has 6 nitrogen and oxygen atoms in total. The molecule has 0 saturated carbocycles. The van der Waals surface area contributed by atoms with Crippen molar-refractivity contribution in [2.24, 2.45) is 0 Å². The zero-order valence-electron chi connectivity index (χ0n) is 9.70. The predicted molar refractivity (Wildman–Crippen MR) is 55.7 cm³/mol. The van der Waals surface area contributed by atoms with E-state index in [0.717, 1.165) is 0 Å². The van der Waals surface area contributed by atoms with Crippen LogP contribution in [0.3, 0.4) is 0 Å². The lowest BCUT2D eigenvalue weighted by molar-refractivity contribution is -0.146. The second-order valence-corrected chi connectivity index (χ2v) is 3.78. The molecule has 0 aromatic rings. The Morgan fingerprint density at radius 3 is 2.25 bits per heavy atom. The van der Waals surface area contributed by atoms with Gasteiger partial charge in [-0.25, -0.2) is 4.79 Å². The fourth-order valence-corrected chi connectivity index (χ4v) is 0.913. The molecule has 0 aliphatic heterocycles. The lowest BCUT2D eigenvalue weighted by Gasteiger charge is -2.20. The molecule has 0 saturated heterocycles. The predicted octanol–water partition coefficient (Wildman–Crippen LogP) is 0.309. The summed E-state index contributed by atoms with van der Waals surface area (Å²) in [6.07, 6.45) is -0.120. The van der Waals surface area contributed by atoms with Gasteiger partial charge >= 0.3 is 11.9 Å². The van der Waals surface area contributed by atoms with E-state index in [1.165, 1.54) is 13.8 Å². The molecule has 2 N–H and O–H groups in total. The molecule has 0 aliphatic rings. The Morgan fingerprint density at radius 1 is 1.25 bits per heavy atom. The minimum Gasteiger partial charge on any atom is -0.480 e. The van der Waals surface area contributed by atoms with E-state index in [-0.39, 0.29) is 19.4 Å². The number of amides is 1. The molecular weight excluding hydrogens is 214 g/mol. The fraction of sp³-hybridized carbons (Fsp3) is 0.700. The maximum Gasteiger partial charge on any atom is 0.328 e. The van der Waals surface area contributed by atoms with E-state index in [0.29, 0.717) is 0 Å².